The van der Waals surface area contributed by atoms with E-state index in [4.69, 9.17) is 0 Å². The first-order valence-corrected chi connectivity index (χ1v) is 8.19. The topological polar surface area (TPSA) is 58.2 Å². The van der Waals surface area contributed by atoms with E-state index in [-0.39, 0.29) is 24.4 Å². The molecule has 0 radical (unpaired) electrons. The maximum atomic E-state index is 13.2. The molecule has 0 amide bonds. The molecule has 1 aromatic carbocycles. The van der Waals surface area contributed by atoms with Crippen molar-refractivity contribution < 1.29 is 26.0 Å². The summed E-state index contributed by atoms with van der Waals surface area (Å²) < 4.78 is 78.1. The van der Waals surface area contributed by atoms with Crippen LogP contribution in [-0.4, -0.2) is 27.5 Å². The van der Waals surface area contributed by atoms with Crippen LogP contribution in [0.3, 0.4) is 0 Å². The zero-order chi connectivity index (χ0) is 16.5. The molecule has 1 heterocycles. The number of alkyl halides is 3. The molecule has 1 saturated heterocycles. The van der Waals surface area contributed by atoms with Crippen LogP contribution >= 0.6 is 12.4 Å². The minimum absolute atomic E-state index is 0. The largest absolute Gasteiger partial charge is 0.419 e. The van der Waals surface area contributed by atoms with E-state index in [2.05, 4.69) is 10.0 Å². The molecular formula is C13H17ClF4N2O2S. The molecule has 1 aliphatic rings. The van der Waals surface area contributed by atoms with Crippen LogP contribution in [0, 0.1) is 11.7 Å². The first kappa shape index (κ1) is 20.1. The minimum atomic E-state index is -4.95. The molecule has 2 atom stereocenters. The Bertz CT molecular complexity index is 652. The number of hydrogen-bond donors (Lipinski definition) is 2. The lowest BCUT2D eigenvalue weighted by atomic mass is 9.97. The smallest absolute Gasteiger partial charge is 0.316 e. The summed E-state index contributed by atoms with van der Waals surface area (Å²) in [6.45, 7) is 3.07. The molecule has 2 N–H and O–H groups in total. The Kier molecular flexibility index (Phi) is 6.42. The third kappa shape index (κ3) is 4.79. The molecule has 1 fully saturated rings. The van der Waals surface area contributed by atoms with Crippen LogP contribution in [0.2, 0.25) is 0 Å². The van der Waals surface area contributed by atoms with Gasteiger partial charge in [-0.2, -0.15) is 13.2 Å². The zero-order valence-electron chi connectivity index (χ0n) is 12.2. The summed E-state index contributed by atoms with van der Waals surface area (Å²) in [4.78, 5) is -0.591. The predicted octanol–water partition coefficient (Wildman–Crippen LogP) is 2.54. The molecule has 1 aliphatic heterocycles. The lowest BCUT2D eigenvalue weighted by Gasteiger charge is -2.30. The first-order chi connectivity index (χ1) is 10.1. The van der Waals surface area contributed by atoms with E-state index in [1.165, 1.54) is 0 Å². The van der Waals surface area contributed by atoms with Gasteiger partial charge < -0.3 is 5.32 Å². The van der Waals surface area contributed by atoms with E-state index in [1.54, 1.807) is 0 Å². The highest BCUT2D eigenvalue weighted by Crippen LogP contribution is 2.32. The number of hydrogen-bond acceptors (Lipinski definition) is 3. The quantitative estimate of drug-likeness (QED) is 0.797. The van der Waals surface area contributed by atoms with Gasteiger partial charge in [0.15, 0.2) is 0 Å². The number of rotatable bonds is 3. The molecule has 0 saturated carbocycles. The van der Waals surface area contributed by atoms with Gasteiger partial charge in [-0.25, -0.2) is 17.5 Å². The zero-order valence-corrected chi connectivity index (χ0v) is 13.8. The van der Waals surface area contributed by atoms with Crippen molar-refractivity contribution in [3.63, 3.8) is 0 Å². The van der Waals surface area contributed by atoms with E-state index < -0.39 is 32.5 Å². The number of piperidine rings is 1. The molecule has 2 unspecified atom stereocenters. The fourth-order valence-electron chi connectivity index (χ4n) is 2.35. The minimum Gasteiger partial charge on any atom is -0.316 e. The summed E-state index contributed by atoms with van der Waals surface area (Å²) in [6.07, 6.45) is -4.41. The van der Waals surface area contributed by atoms with Crippen molar-refractivity contribution in [2.45, 2.75) is 30.5 Å². The molecule has 10 heteroatoms. The molecular weight excluding hydrogens is 360 g/mol. The van der Waals surface area contributed by atoms with Crippen LogP contribution in [0.1, 0.15) is 18.9 Å². The number of halogens is 5. The van der Waals surface area contributed by atoms with Crippen molar-refractivity contribution in [1.29, 1.82) is 0 Å². The van der Waals surface area contributed by atoms with Crippen molar-refractivity contribution in [2.24, 2.45) is 5.92 Å². The third-order valence-corrected chi connectivity index (χ3v) is 5.13. The van der Waals surface area contributed by atoms with Crippen LogP contribution in [-0.2, 0) is 16.2 Å². The van der Waals surface area contributed by atoms with Crippen LogP contribution in [0.25, 0.3) is 0 Å². The first-order valence-electron chi connectivity index (χ1n) is 6.71. The van der Waals surface area contributed by atoms with Gasteiger partial charge in [0.1, 0.15) is 5.82 Å². The van der Waals surface area contributed by atoms with Gasteiger partial charge in [0.05, 0.1) is 10.5 Å². The lowest BCUT2D eigenvalue weighted by Crippen LogP contribution is -2.48. The Hall–Kier alpha value is -0.900. The fraction of sp³-hybridized carbons (Fsp3) is 0.538. The summed E-state index contributed by atoms with van der Waals surface area (Å²) >= 11 is 0. The van der Waals surface area contributed by atoms with Crippen molar-refractivity contribution in [3.8, 4) is 0 Å². The number of nitrogens with one attached hydrogen (secondary N) is 2. The molecule has 0 aliphatic carbocycles. The highest BCUT2D eigenvalue weighted by Gasteiger charge is 2.36. The second kappa shape index (κ2) is 7.33. The maximum absolute atomic E-state index is 13.2. The molecule has 0 aromatic heterocycles. The van der Waals surface area contributed by atoms with Crippen LogP contribution in [0.4, 0.5) is 17.6 Å². The molecule has 0 spiro atoms. The van der Waals surface area contributed by atoms with Crippen molar-refractivity contribution in [3.05, 3.63) is 29.6 Å². The molecule has 132 valence electrons. The Morgan fingerprint density at radius 1 is 1.30 bits per heavy atom. The maximum Gasteiger partial charge on any atom is 0.419 e. The monoisotopic (exact) mass is 376 g/mol. The van der Waals surface area contributed by atoms with Crippen molar-refractivity contribution in [2.75, 3.05) is 13.1 Å². The fourth-order valence-corrected chi connectivity index (χ4v) is 3.75. The average Bonchev–Trinajstić information content (AvgIpc) is 2.40. The summed E-state index contributed by atoms with van der Waals surface area (Å²) in [7, 11) is -4.14. The van der Waals surface area contributed by atoms with E-state index in [1.807, 2.05) is 6.92 Å². The molecule has 23 heavy (non-hydrogen) atoms. The van der Waals surface area contributed by atoms with E-state index in [0.29, 0.717) is 31.6 Å². The van der Waals surface area contributed by atoms with Crippen LogP contribution in [0.5, 0.6) is 0 Å². The molecule has 1 aromatic rings. The van der Waals surface area contributed by atoms with Gasteiger partial charge in [-0.1, -0.05) is 6.92 Å². The third-order valence-electron chi connectivity index (χ3n) is 3.65. The molecule has 0 bridgehead atoms. The number of benzene rings is 1. The average molecular weight is 377 g/mol. The summed E-state index contributed by atoms with van der Waals surface area (Å²) in [6, 6.07) is 1.30. The van der Waals surface area contributed by atoms with Gasteiger partial charge in [-0.3, -0.25) is 0 Å². The summed E-state index contributed by atoms with van der Waals surface area (Å²) in [5, 5.41) is 3.09. The highest BCUT2D eigenvalue weighted by atomic mass is 35.5. The Labute approximate surface area is 138 Å². The normalized spacial score (nSPS) is 22.5. The van der Waals surface area contributed by atoms with Gasteiger partial charge in [0.25, 0.3) is 0 Å². The summed E-state index contributed by atoms with van der Waals surface area (Å²) in [5.74, 6) is -1.49. The van der Waals surface area contributed by atoms with Gasteiger partial charge in [-0.15, -0.1) is 12.4 Å². The standard InChI is InChI=1S/C13H16F4N2O2S.ClH/c1-8-7-18-5-4-12(8)19-22(20,21)9-2-3-11(14)10(6-9)13(15,16)17;/h2-3,6,8,12,18-19H,4-5,7H2,1H3;1H. The highest BCUT2D eigenvalue weighted by molar-refractivity contribution is 7.89. The second-order valence-electron chi connectivity index (χ2n) is 5.34. The Morgan fingerprint density at radius 2 is 1.96 bits per heavy atom. The van der Waals surface area contributed by atoms with Gasteiger partial charge in [0.2, 0.25) is 10.0 Å². The van der Waals surface area contributed by atoms with Gasteiger partial charge >= 0.3 is 6.18 Å². The Morgan fingerprint density at radius 3 is 2.52 bits per heavy atom. The van der Waals surface area contributed by atoms with Crippen LogP contribution in [0.15, 0.2) is 23.1 Å². The van der Waals surface area contributed by atoms with Crippen molar-refractivity contribution >= 4 is 22.4 Å². The second-order valence-corrected chi connectivity index (χ2v) is 7.05. The lowest BCUT2D eigenvalue weighted by molar-refractivity contribution is -0.140. The van der Waals surface area contributed by atoms with E-state index >= 15 is 0 Å². The SMILES string of the molecule is CC1CNCCC1NS(=O)(=O)c1ccc(F)c(C(F)(F)F)c1.Cl. The summed E-state index contributed by atoms with van der Waals surface area (Å²) in [5.41, 5.74) is -1.59. The Balaban J connectivity index is 0.00000264. The molecule has 2 rings (SSSR count). The van der Waals surface area contributed by atoms with Crippen molar-refractivity contribution in [1.82, 2.24) is 10.0 Å². The van der Waals surface area contributed by atoms with Crippen LogP contribution < -0.4 is 10.0 Å². The van der Waals surface area contributed by atoms with E-state index in [0.717, 1.165) is 6.07 Å². The predicted molar refractivity (Wildman–Crippen MR) is 79.4 cm³/mol. The molecule has 4 nitrogen and oxygen atoms in total. The van der Waals surface area contributed by atoms with Gasteiger partial charge in [0, 0.05) is 6.04 Å². The number of sulfonamides is 1. The van der Waals surface area contributed by atoms with E-state index in [9.17, 15) is 26.0 Å². The van der Waals surface area contributed by atoms with Gasteiger partial charge in [-0.05, 0) is 43.6 Å².